The number of carbonyl (C=O) groups excluding carboxylic acids is 2. The van der Waals surface area contributed by atoms with Crippen molar-refractivity contribution in [1.29, 1.82) is 5.26 Å². The fourth-order valence-electron chi connectivity index (χ4n) is 6.65. The van der Waals surface area contributed by atoms with Crippen molar-refractivity contribution in [2.75, 3.05) is 19.8 Å². The topological polar surface area (TPSA) is 123 Å². The van der Waals surface area contributed by atoms with Gasteiger partial charge in [0.05, 0.1) is 42.1 Å². The van der Waals surface area contributed by atoms with E-state index in [9.17, 15) is 14.9 Å². The van der Waals surface area contributed by atoms with Crippen molar-refractivity contribution in [1.82, 2.24) is 14.7 Å². The summed E-state index contributed by atoms with van der Waals surface area (Å²) in [6.45, 7) is 11.0. The van der Waals surface area contributed by atoms with Gasteiger partial charge in [-0.25, -0.2) is 4.79 Å². The summed E-state index contributed by atoms with van der Waals surface area (Å²) in [6.07, 6.45) is 0.423. The largest absolute Gasteiger partial charge is 0.461 e. The number of benzene rings is 3. The molecule has 250 valence electrons. The number of hydrogen-bond acceptors (Lipinski definition) is 7. The van der Waals surface area contributed by atoms with E-state index in [0.717, 1.165) is 10.4 Å². The van der Waals surface area contributed by atoms with Gasteiger partial charge in [0.25, 0.3) is 14.2 Å². The summed E-state index contributed by atoms with van der Waals surface area (Å²) in [5, 5.41) is 16.7. The van der Waals surface area contributed by atoms with Crippen LogP contribution in [-0.2, 0) is 22.1 Å². The van der Waals surface area contributed by atoms with Gasteiger partial charge in [-0.2, -0.15) is 10.4 Å². The van der Waals surface area contributed by atoms with E-state index in [1.165, 1.54) is 6.07 Å². The number of rotatable bonds is 10. The maximum absolute atomic E-state index is 13.8. The Labute approximate surface area is 288 Å². The van der Waals surface area contributed by atoms with Crippen LogP contribution in [0.25, 0.3) is 0 Å². The molecule has 0 radical (unpaired) electrons. The number of aromatic nitrogens is 2. The smallest absolute Gasteiger partial charge is 0.356 e. The first kappa shape index (κ1) is 35.0. The number of nitrogens with two attached hydrogens (primary N) is 1. The van der Waals surface area contributed by atoms with Crippen LogP contribution in [-0.4, -0.2) is 60.7 Å². The Bertz CT molecular complexity index is 1780. The highest BCUT2D eigenvalue weighted by Gasteiger charge is 2.50. The maximum Gasteiger partial charge on any atom is 0.356 e. The number of hydrogen-bond donors (Lipinski definition) is 1. The summed E-state index contributed by atoms with van der Waals surface area (Å²) >= 11 is 6.13. The van der Waals surface area contributed by atoms with Gasteiger partial charge in [0.2, 0.25) is 0 Å². The van der Waals surface area contributed by atoms with Gasteiger partial charge in [-0.05, 0) is 47.5 Å². The van der Waals surface area contributed by atoms with Gasteiger partial charge in [-0.15, -0.1) is 0 Å². The van der Waals surface area contributed by atoms with Crippen LogP contribution in [0.2, 0.25) is 10.1 Å². The van der Waals surface area contributed by atoms with Gasteiger partial charge in [0.15, 0.2) is 5.69 Å². The first-order valence-electron chi connectivity index (χ1n) is 16.2. The van der Waals surface area contributed by atoms with Crippen molar-refractivity contribution in [2.45, 2.75) is 64.7 Å². The highest BCUT2D eigenvalue weighted by Crippen LogP contribution is 2.38. The van der Waals surface area contributed by atoms with E-state index >= 15 is 0 Å². The van der Waals surface area contributed by atoms with Crippen LogP contribution >= 0.6 is 11.6 Å². The lowest BCUT2D eigenvalue weighted by molar-refractivity contribution is 0.0497. The number of ether oxygens (including phenoxy) is 1. The fraction of sp³-hybridized carbons (Fsp3) is 0.351. The molecule has 0 bridgehead atoms. The van der Waals surface area contributed by atoms with Gasteiger partial charge >= 0.3 is 5.97 Å². The number of fused-ring (bicyclic) bond motifs is 1. The molecule has 0 saturated carbocycles. The molecule has 1 unspecified atom stereocenters. The summed E-state index contributed by atoms with van der Waals surface area (Å²) in [5.41, 5.74) is 8.63. The molecule has 48 heavy (non-hydrogen) atoms. The third kappa shape index (κ3) is 6.56. The third-order valence-electron chi connectivity index (χ3n) is 9.03. The minimum atomic E-state index is -2.92. The average molecular weight is 684 g/mol. The summed E-state index contributed by atoms with van der Waals surface area (Å²) in [5.74, 6) is -0.801. The van der Waals surface area contributed by atoms with Crippen LogP contribution in [0, 0.1) is 11.3 Å². The lowest BCUT2D eigenvalue weighted by Gasteiger charge is -2.43. The Balaban J connectivity index is 1.55. The van der Waals surface area contributed by atoms with E-state index in [4.69, 9.17) is 31.6 Å². The molecule has 0 fully saturated rings. The molecule has 0 saturated heterocycles. The Morgan fingerprint density at radius 3 is 2.25 bits per heavy atom. The minimum absolute atomic E-state index is 0.140. The fourth-order valence-corrected chi connectivity index (χ4v) is 11.4. The lowest BCUT2D eigenvalue weighted by Crippen LogP contribution is -2.67. The normalized spacial score (nSPS) is 15.4. The zero-order chi connectivity index (χ0) is 34.6. The molecule has 11 heteroatoms. The van der Waals surface area contributed by atoms with E-state index in [1.807, 2.05) is 49.4 Å². The number of amides is 1. The van der Waals surface area contributed by atoms with Crippen LogP contribution in [0.3, 0.4) is 0 Å². The molecule has 1 aliphatic rings. The SMILES string of the molecule is CCOC(=O)c1c2c(nn1C(CN)CO[Si](c1ccccc1)(c1ccccc1)C(C)(C)C)C[C@@H](C)N(C(=O)c1ccc(Cl)c(C#N)c1)C2. The molecule has 3 aromatic carbocycles. The minimum Gasteiger partial charge on any atom is -0.461 e. The molecule has 2 N–H and O–H groups in total. The van der Waals surface area contributed by atoms with Crippen LogP contribution < -0.4 is 16.1 Å². The summed E-state index contributed by atoms with van der Waals surface area (Å²) in [6, 6.07) is 26.6. The van der Waals surface area contributed by atoms with Gasteiger partial charge in [-0.3, -0.25) is 9.48 Å². The number of nitriles is 1. The molecule has 2 heterocycles. The molecule has 0 spiro atoms. The van der Waals surface area contributed by atoms with E-state index in [-0.39, 0.29) is 59.6 Å². The first-order chi connectivity index (χ1) is 23.0. The second-order valence-corrected chi connectivity index (χ2v) is 17.8. The Morgan fingerprint density at radius 2 is 1.71 bits per heavy atom. The molecule has 1 amide bonds. The highest BCUT2D eigenvalue weighted by atomic mass is 35.5. The Kier molecular flexibility index (Phi) is 10.6. The van der Waals surface area contributed by atoms with Gasteiger partial charge in [-0.1, -0.05) is 93.0 Å². The second-order valence-electron chi connectivity index (χ2n) is 13.1. The van der Waals surface area contributed by atoms with Crippen LogP contribution in [0.15, 0.2) is 78.9 Å². The van der Waals surface area contributed by atoms with Gasteiger partial charge in [0.1, 0.15) is 6.07 Å². The standard InChI is InChI=1S/C37H42ClN5O4Si/c1-6-46-36(45)34-31-23-42(35(44)26-17-18-32(38)27(20-26)21-39)25(2)19-33(31)41-43(34)28(22-40)24-47-48(37(3,4)5,29-13-9-7-10-14-29)30-15-11-8-12-16-30/h7-18,20,25,28H,6,19,22-24,40H2,1-5H3/t25-,28?/m1/s1. The molecule has 2 atom stereocenters. The molecular weight excluding hydrogens is 642 g/mol. The van der Waals surface area contributed by atoms with Gasteiger partial charge in [0, 0.05) is 30.1 Å². The van der Waals surface area contributed by atoms with Gasteiger partial charge < -0.3 is 19.8 Å². The monoisotopic (exact) mass is 683 g/mol. The van der Waals surface area contributed by atoms with E-state index < -0.39 is 20.3 Å². The molecule has 1 aliphatic heterocycles. The Morgan fingerprint density at radius 1 is 1.08 bits per heavy atom. The van der Waals surface area contributed by atoms with Crippen LogP contribution in [0.1, 0.15) is 78.3 Å². The van der Waals surface area contributed by atoms with Crippen molar-refractivity contribution in [3.05, 3.63) is 112 Å². The number of esters is 1. The Hall–Kier alpha value is -4.27. The molecule has 5 rings (SSSR count). The molecular formula is C37H42ClN5O4Si. The molecule has 4 aromatic rings. The summed E-state index contributed by atoms with van der Waals surface area (Å²) in [7, 11) is -2.92. The van der Waals surface area contributed by atoms with Crippen molar-refractivity contribution >= 4 is 42.2 Å². The second kappa shape index (κ2) is 14.5. The number of nitrogens with zero attached hydrogens (tertiary/aromatic N) is 4. The zero-order valence-electron chi connectivity index (χ0n) is 28.1. The zero-order valence-corrected chi connectivity index (χ0v) is 29.8. The predicted octanol–water partition coefficient (Wildman–Crippen LogP) is 5.25. The van der Waals surface area contributed by atoms with E-state index in [0.29, 0.717) is 23.2 Å². The summed E-state index contributed by atoms with van der Waals surface area (Å²) < 4.78 is 14.4. The summed E-state index contributed by atoms with van der Waals surface area (Å²) in [4.78, 5) is 29.1. The highest BCUT2D eigenvalue weighted by molar-refractivity contribution is 6.99. The molecule has 1 aromatic heterocycles. The molecule has 9 nitrogen and oxygen atoms in total. The first-order valence-corrected chi connectivity index (χ1v) is 18.5. The van der Waals surface area contributed by atoms with Crippen LogP contribution in [0.4, 0.5) is 0 Å². The van der Waals surface area contributed by atoms with E-state index in [1.54, 1.807) is 28.6 Å². The van der Waals surface area contributed by atoms with E-state index in [2.05, 4.69) is 45.0 Å². The van der Waals surface area contributed by atoms with Crippen molar-refractivity contribution in [3.63, 3.8) is 0 Å². The molecule has 0 aliphatic carbocycles. The lowest BCUT2D eigenvalue weighted by atomic mass is 9.98. The van der Waals surface area contributed by atoms with Crippen molar-refractivity contribution in [3.8, 4) is 6.07 Å². The average Bonchev–Trinajstić information content (AvgIpc) is 3.44. The third-order valence-corrected chi connectivity index (χ3v) is 14.4. The quantitative estimate of drug-likeness (QED) is 0.179. The maximum atomic E-state index is 13.8. The predicted molar refractivity (Wildman–Crippen MR) is 189 cm³/mol. The number of carbonyl (C=O) groups is 2. The van der Waals surface area contributed by atoms with Crippen molar-refractivity contribution in [2.24, 2.45) is 5.73 Å². The number of halogens is 1. The van der Waals surface area contributed by atoms with Crippen LogP contribution in [0.5, 0.6) is 0 Å². The van der Waals surface area contributed by atoms with Crippen molar-refractivity contribution < 1.29 is 18.8 Å².